The number of aliphatic carboxylic acids is 1. The van der Waals surface area contributed by atoms with Crippen LogP contribution in [0.15, 0.2) is 17.4 Å². The Hall–Kier alpha value is -1.14. The quantitative estimate of drug-likeness (QED) is 0.837. The van der Waals surface area contributed by atoms with E-state index in [0.717, 1.165) is 36.5 Å². The number of carbonyl (C=O) groups is 1. The molecule has 5 nitrogen and oxygen atoms in total. The monoisotopic (exact) mass is 267 g/mol. The Morgan fingerprint density at radius 1 is 1.50 bits per heavy atom. The molecule has 6 heteroatoms. The van der Waals surface area contributed by atoms with E-state index in [4.69, 9.17) is 0 Å². The van der Waals surface area contributed by atoms with Crippen molar-refractivity contribution in [3.05, 3.63) is 18.1 Å². The second kappa shape index (κ2) is 6.15. The van der Waals surface area contributed by atoms with Crippen molar-refractivity contribution in [3.8, 4) is 0 Å². The number of nitrogens with zero attached hydrogens (tertiary/aromatic N) is 3. The average molecular weight is 267 g/mol. The van der Waals surface area contributed by atoms with Gasteiger partial charge in [-0.3, -0.25) is 14.7 Å². The molecule has 1 aliphatic rings. The molecule has 1 saturated heterocycles. The van der Waals surface area contributed by atoms with Gasteiger partial charge in [0, 0.05) is 18.9 Å². The largest absolute Gasteiger partial charge is 0.480 e. The van der Waals surface area contributed by atoms with Crippen LogP contribution >= 0.6 is 11.8 Å². The summed E-state index contributed by atoms with van der Waals surface area (Å²) >= 11 is 1.55. The molecule has 98 valence electrons. The van der Waals surface area contributed by atoms with Crippen LogP contribution in [0.5, 0.6) is 0 Å². The zero-order chi connectivity index (χ0) is 13.0. The van der Waals surface area contributed by atoms with Crippen molar-refractivity contribution in [1.29, 1.82) is 0 Å². The normalized spacial score (nSPS) is 20.8. The van der Waals surface area contributed by atoms with E-state index in [1.54, 1.807) is 24.2 Å². The van der Waals surface area contributed by atoms with Crippen molar-refractivity contribution in [1.82, 2.24) is 14.9 Å². The lowest BCUT2D eigenvalue weighted by atomic mass is 10.0. The van der Waals surface area contributed by atoms with Gasteiger partial charge in [-0.1, -0.05) is 6.42 Å². The first-order valence-corrected chi connectivity index (χ1v) is 7.25. The molecule has 1 N–H and O–H groups in total. The standard InChI is InChI=1S/C12H17N3O2S/c1-18-11-9(13-5-6-14-11)8-15-7-3-2-4-10(15)12(16)17/h5-6,10H,2-4,7-8H2,1H3,(H,16,17)/t10-/m1/s1. The number of carboxylic acid groups (broad SMARTS) is 1. The lowest BCUT2D eigenvalue weighted by Gasteiger charge is -2.32. The minimum atomic E-state index is -0.732. The highest BCUT2D eigenvalue weighted by atomic mass is 32.2. The molecule has 0 aromatic carbocycles. The molecule has 1 fully saturated rings. The van der Waals surface area contributed by atoms with Crippen LogP contribution < -0.4 is 0 Å². The predicted octanol–water partition coefficient (Wildman–Crippen LogP) is 1.64. The number of rotatable bonds is 4. The predicted molar refractivity (Wildman–Crippen MR) is 69.5 cm³/mol. The first-order valence-electron chi connectivity index (χ1n) is 6.03. The van der Waals surface area contributed by atoms with Crippen LogP contribution in [0.4, 0.5) is 0 Å². The highest BCUT2D eigenvalue weighted by Gasteiger charge is 2.29. The van der Waals surface area contributed by atoms with Gasteiger partial charge in [0.1, 0.15) is 11.1 Å². The molecular formula is C12H17N3O2S. The summed E-state index contributed by atoms with van der Waals surface area (Å²) in [6.07, 6.45) is 8.06. The third kappa shape index (κ3) is 3.00. The topological polar surface area (TPSA) is 66.3 Å². The van der Waals surface area contributed by atoms with Crippen molar-refractivity contribution >= 4 is 17.7 Å². The SMILES string of the molecule is CSc1nccnc1CN1CCCC[C@@H]1C(=O)O. The molecule has 2 rings (SSSR count). The molecule has 0 aliphatic carbocycles. The summed E-state index contributed by atoms with van der Waals surface area (Å²) in [5, 5.41) is 10.1. The van der Waals surface area contributed by atoms with Crippen molar-refractivity contribution in [2.45, 2.75) is 36.9 Å². The van der Waals surface area contributed by atoms with Gasteiger partial charge < -0.3 is 5.11 Å². The van der Waals surface area contributed by atoms with Gasteiger partial charge in [0.2, 0.25) is 0 Å². The number of aromatic nitrogens is 2. The lowest BCUT2D eigenvalue weighted by molar-refractivity contribution is -0.144. The molecule has 0 saturated carbocycles. The number of hydrogen-bond donors (Lipinski definition) is 1. The fourth-order valence-corrected chi connectivity index (χ4v) is 2.80. The fourth-order valence-electron chi connectivity index (χ4n) is 2.29. The van der Waals surface area contributed by atoms with E-state index in [1.807, 2.05) is 11.2 Å². The Labute approximate surface area is 111 Å². The molecule has 1 aliphatic heterocycles. The van der Waals surface area contributed by atoms with Crippen LogP contribution in [0, 0.1) is 0 Å². The Morgan fingerprint density at radius 2 is 2.28 bits per heavy atom. The zero-order valence-corrected chi connectivity index (χ0v) is 11.2. The number of thioether (sulfide) groups is 1. The van der Waals surface area contributed by atoms with Gasteiger partial charge in [0.05, 0.1) is 5.69 Å². The average Bonchev–Trinajstić information content (AvgIpc) is 2.40. The number of likely N-dealkylation sites (tertiary alicyclic amines) is 1. The molecule has 18 heavy (non-hydrogen) atoms. The summed E-state index contributed by atoms with van der Waals surface area (Å²) in [6, 6.07) is -0.379. The third-order valence-electron chi connectivity index (χ3n) is 3.18. The minimum Gasteiger partial charge on any atom is -0.480 e. The van der Waals surface area contributed by atoms with Gasteiger partial charge in [-0.05, 0) is 25.6 Å². The fraction of sp³-hybridized carbons (Fsp3) is 0.583. The number of piperidine rings is 1. The number of hydrogen-bond acceptors (Lipinski definition) is 5. The Morgan fingerprint density at radius 3 is 3.00 bits per heavy atom. The summed E-state index contributed by atoms with van der Waals surface area (Å²) < 4.78 is 0. The van der Waals surface area contributed by atoms with E-state index in [2.05, 4.69) is 9.97 Å². The Balaban J connectivity index is 2.13. The van der Waals surface area contributed by atoms with Crippen molar-refractivity contribution < 1.29 is 9.90 Å². The van der Waals surface area contributed by atoms with E-state index in [-0.39, 0.29) is 6.04 Å². The molecule has 1 atom stereocenters. The molecule has 0 radical (unpaired) electrons. The summed E-state index contributed by atoms with van der Waals surface area (Å²) in [7, 11) is 0. The molecule has 1 aromatic heterocycles. The maximum absolute atomic E-state index is 11.2. The Kier molecular flexibility index (Phi) is 4.54. The van der Waals surface area contributed by atoms with Gasteiger partial charge >= 0.3 is 5.97 Å². The van der Waals surface area contributed by atoms with E-state index in [0.29, 0.717) is 6.54 Å². The molecule has 1 aromatic rings. The number of carboxylic acids is 1. The van der Waals surface area contributed by atoms with E-state index in [9.17, 15) is 9.90 Å². The van der Waals surface area contributed by atoms with Crippen LogP contribution in [0.2, 0.25) is 0 Å². The van der Waals surface area contributed by atoms with Gasteiger partial charge in [-0.15, -0.1) is 11.8 Å². The molecule has 2 heterocycles. The van der Waals surface area contributed by atoms with E-state index in [1.165, 1.54) is 0 Å². The van der Waals surface area contributed by atoms with Gasteiger partial charge in [0.25, 0.3) is 0 Å². The summed E-state index contributed by atoms with van der Waals surface area (Å²) in [5.74, 6) is -0.732. The zero-order valence-electron chi connectivity index (χ0n) is 10.4. The minimum absolute atomic E-state index is 0.379. The Bertz CT molecular complexity index is 428. The van der Waals surface area contributed by atoms with Crippen LogP contribution in [-0.2, 0) is 11.3 Å². The van der Waals surface area contributed by atoms with Crippen LogP contribution in [-0.4, -0.2) is 44.8 Å². The van der Waals surface area contributed by atoms with Crippen molar-refractivity contribution in [2.24, 2.45) is 0 Å². The molecule has 0 unspecified atom stereocenters. The first kappa shape index (κ1) is 13.3. The molecule has 0 bridgehead atoms. The van der Waals surface area contributed by atoms with Crippen LogP contribution in [0.3, 0.4) is 0 Å². The van der Waals surface area contributed by atoms with Gasteiger partial charge in [-0.25, -0.2) is 4.98 Å². The smallest absolute Gasteiger partial charge is 0.320 e. The van der Waals surface area contributed by atoms with Crippen LogP contribution in [0.1, 0.15) is 25.0 Å². The molecular weight excluding hydrogens is 250 g/mol. The van der Waals surface area contributed by atoms with E-state index >= 15 is 0 Å². The van der Waals surface area contributed by atoms with Crippen LogP contribution in [0.25, 0.3) is 0 Å². The first-order chi connectivity index (χ1) is 8.72. The lowest BCUT2D eigenvalue weighted by Crippen LogP contribution is -2.44. The van der Waals surface area contributed by atoms with Gasteiger partial charge in [-0.2, -0.15) is 0 Å². The maximum atomic E-state index is 11.2. The highest BCUT2D eigenvalue weighted by molar-refractivity contribution is 7.98. The van der Waals surface area contributed by atoms with E-state index < -0.39 is 5.97 Å². The summed E-state index contributed by atoms with van der Waals surface area (Å²) in [4.78, 5) is 21.8. The summed E-state index contributed by atoms with van der Waals surface area (Å²) in [5.41, 5.74) is 0.873. The maximum Gasteiger partial charge on any atom is 0.320 e. The second-order valence-electron chi connectivity index (χ2n) is 4.33. The second-order valence-corrected chi connectivity index (χ2v) is 5.13. The highest BCUT2D eigenvalue weighted by Crippen LogP contribution is 2.22. The molecule has 0 amide bonds. The molecule has 0 spiro atoms. The van der Waals surface area contributed by atoms with Gasteiger partial charge in [0.15, 0.2) is 0 Å². The summed E-state index contributed by atoms with van der Waals surface area (Å²) in [6.45, 7) is 1.39. The van der Waals surface area contributed by atoms with Crippen molar-refractivity contribution in [2.75, 3.05) is 12.8 Å². The van der Waals surface area contributed by atoms with Crippen molar-refractivity contribution in [3.63, 3.8) is 0 Å². The third-order valence-corrected chi connectivity index (χ3v) is 3.91.